The second kappa shape index (κ2) is 8.47. The molecule has 0 radical (unpaired) electrons. The fourth-order valence-corrected chi connectivity index (χ4v) is 3.64. The Morgan fingerprint density at radius 3 is 2.78 bits per heavy atom. The number of thiazole rings is 1. The average molecular weight is 390 g/mol. The maximum Gasteiger partial charge on any atom is 0.274 e. The maximum atomic E-state index is 13.0. The highest BCUT2D eigenvalue weighted by molar-refractivity contribution is 7.14. The van der Waals surface area contributed by atoms with E-state index in [9.17, 15) is 14.0 Å². The van der Waals surface area contributed by atoms with Gasteiger partial charge in [0, 0.05) is 24.2 Å². The van der Waals surface area contributed by atoms with Gasteiger partial charge in [0.25, 0.3) is 5.91 Å². The van der Waals surface area contributed by atoms with Gasteiger partial charge >= 0.3 is 0 Å². The van der Waals surface area contributed by atoms with E-state index in [4.69, 9.17) is 0 Å². The van der Waals surface area contributed by atoms with Gasteiger partial charge in [0.1, 0.15) is 17.6 Å². The van der Waals surface area contributed by atoms with E-state index in [1.165, 1.54) is 23.5 Å². The van der Waals surface area contributed by atoms with Gasteiger partial charge in [-0.2, -0.15) is 0 Å². The first-order valence-electron chi connectivity index (χ1n) is 9.01. The standard InChI is InChI=1S/C19H23FN4O2S/c1-12(2)10-21-17(25)16-4-3-9-24(16)18(26)15-11-27-19(23-15)22-14-7-5-13(20)6-8-14/h5-8,11-12,16H,3-4,9-10H2,1-2H3,(H,21,25)(H,22,23). The number of anilines is 2. The number of carbonyl (C=O) groups excluding carboxylic acids is 2. The largest absolute Gasteiger partial charge is 0.354 e. The van der Waals surface area contributed by atoms with Gasteiger partial charge < -0.3 is 15.5 Å². The van der Waals surface area contributed by atoms with E-state index in [2.05, 4.69) is 15.6 Å². The quantitative estimate of drug-likeness (QED) is 0.793. The first-order chi connectivity index (χ1) is 12.9. The van der Waals surface area contributed by atoms with Gasteiger partial charge in [-0.05, 0) is 43.0 Å². The summed E-state index contributed by atoms with van der Waals surface area (Å²) in [6.07, 6.45) is 1.47. The molecule has 0 spiro atoms. The van der Waals surface area contributed by atoms with Gasteiger partial charge in [0.15, 0.2) is 5.13 Å². The second-order valence-electron chi connectivity index (χ2n) is 6.97. The lowest BCUT2D eigenvalue weighted by Gasteiger charge is -2.23. The van der Waals surface area contributed by atoms with E-state index in [-0.39, 0.29) is 17.6 Å². The van der Waals surface area contributed by atoms with Crippen molar-refractivity contribution in [2.45, 2.75) is 32.7 Å². The summed E-state index contributed by atoms with van der Waals surface area (Å²) in [5.41, 5.74) is 1.00. The summed E-state index contributed by atoms with van der Waals surface area (Å²) in [6.45, 7) is 5.21. The molecule has 2 N–H and O–H groups in total. The normalized spacial score (nSPS) is 16.6. The van der Waals surface area contributed by atoms with Crippen molar-refractivity contribution < 1.29 is 14.0 Å². The Hall–Kier alpha value is -2.48. The smallest absolute Gasteiger partial charge is 0.274 e. The van der Waals surface area contributed by atoms with Crippen molar-refractivity contribution >= 4 is 34.0 Å². The van der Waals surface area contributed by atoms with Crippen LogP contribution in [-0.2, 0) is 4.79 Å². The molecule has 6 nitrogen and oxygen atoms in total. The molecule has 0 aliphatic carbocycles. The topological polar surface area (TPSA) is 74.3 Å². The number of aromatic nitrogens is 1. The number of carbonyl (C=O) groups is 2. The van der Waals surface area contributed by atoms with Crippen molar-refractivity contribution in [1.29, 1.82) is 0 Å². The minimum Gasteiger partial charge on any atom is -0.354 e. The van der Waals surface area contributed by atoms with Gasteiger partial charge in [-0.25, -0.2) is 9.37 Å². The highest BCUT2D eigenvalue weighted by Gasteiger charge is 2.35. The van der Waals surface area contributed by atoms with E-state index in [1.807, 2.05) is 13.8 Å². The van der Waals surface area contributed by atoms with E-state index < -0.39 is 6.04 Å². The molecule has 1 fully saturated rings. The van der Waals surface area contributed by atoms with Crippen molar-refractivity contribution in [3.8, 4) is 0 Å². The molecule has 1 aromatic carbocycles. The summed E-state index contributed by atoms with van der Waals surface area (Å²) in [5.74, 6) is -0.292. The van der Waals surface area contributed by atoms with Crippen LogP contribution >= 0.6 is 11.3 Å². The predicted octanol–water partition coefficient (Wildman–Crippen LogP) is 3.40. The molecule has 2 amide bonds. The number of nitrogens with zero attached hydrogens (tertiary/aromatic N) is 2. The van der Waals surface area contributed by atoms with Gasteiger partial charge in [0.2, 0.25) is 5.91 Å². The van der Waals surface area contributed by atoms with E-state index >= 15 is 0 Å². The molecule has 2 aromatic rings. The lowest BCUT2D eigenvalue weighted by Crippen LogP contribution is -2.46. The first-order valence-corrected chi connectivity index (χ1v) is 9.89. The molecule has 3 rings (SSSR count). The van der Waals surface area contributed by atoms with Crippen molar-refractivity contribution in [2.75, 3.05) is 18.4 Å². The molecule has 27 heavy (non-hydrogen) atoms. The van der Waals surface area contributed by atoms with Crippen LogP contribution in [0.5, 0.6) is 0 Å². The second-order valence-corrected chi connectivity index (χ2v) is 7.82. The van der Waals surface area contributed by atoms with E-state index in [0.717, 1.165) is 6.42 Å². The Bertz CT molecular complexity index is 806. The third-order valence-electron chi connectivity index (χ3n) is 4.32. The molecule has 0 bridgehead atoms. The van der Waals surface area contributed by atoms with Crippen LogP contribution in [0.1, 0.15) is 37.2 Å². The highest BCUT2D eigenvalue weighted by atomic mass is 32.1. The van der Waals surface area contributed by atoms with Gasteiger partial charge in [-0.3, -0.25) is 9.59 Å². The van der Waals surface area contributed by atoms with Crippen molar-refractivity contribution in [2.24, 2.45) is 5.92 Å². The zero-order chi connectivity index (χ0) is 19.4. The molecular weight excluding hydrogens is 367 g/mol. The average Bonchev–Trinajstić information content (AvgIpc) is 3.30. The zero-order valence-corrected chi connectivity index (χ0v) is 16.2. The number of hydrogen-bond donors (Lipinski definition) is 2. The number of rotatable bonds is 6. The van der Waals surface area contributed by atoms with Crippen LogP contribution in [0.4, 0.5) is 15.2 Å². The fraction of sp³-hybridized carbons (Fsp3) is 0.421. The third-order valence-corrected chi connectivity index (χ3v) is 5.08. The van der Waals surface area contributed by atoms with Crippen LogP contribution in [0.25, 0.3) is 0 Å². The Morgan fingerprint density at radius 2 is 2.07 bits per heavy atom. The Balaban J connectivity index is 1.65. The molecule has 1 unspecified atom stereocenters. The SMILES string of the molecule is CC(C)CNC(=O)C1CCCN1C(=O)c1csc(Nc2ccc(F)cc2)n1. The van der Waals surface area contributed by atoms with Crippen molar-refractivity contribution in [1.82, 2.24) is 15.2 Å². The van der Waals surface area contributed by atoms with Crippen LogP contribution in [0, 0.1) is 11.7 Å². The molecule has 8 heteroatoms. The Kier molecular flexibility index (Phi) is 6.05. The van der Waals surface area contributed by atoms with Gasteiger partial charge in [-0.15, -0.1) is 11.3 Å². The number of likely N-dealkylation sites (tertiary alicyclic amines) is 1. The van der Waals surface area contributed by atoms with Crippen LogP contribution in [0.2, 0.25) is 0 Å². The maximum absolute atomic E-state index is 13.0. The lowest BCUT2D eigenvalue weighted by molar-refractivity contribution is -0.125. The van der Waals surface area contributed by atoms with Crippen molar-refractivity contribution in [3.63, 3.8) is 0 Å². The van der Waals surface area contributed by atoms with E-state index in [0.29, 0.717) is 41.9 Å². The summed E-state index contributed by atoms with van der Waals surface area (Å²) in [5, 5.41) is 8.19. The van der Waals surface area contributed by atoms with Crippen LogP contribution in [0.3, 0.4) is 0 Å². The first kappa shape index (κ1) is 19.3. The van der Waals surface area contributed by atoms with Crippen molar-refractivity contribution in [3.05, 3.63) is 41.2 Å². The summed E-state index contributed by atoms with van der Waals surface area (Å²) in [7, 11) is 0. The number of hydrogen-bond acceptors (Lipinski definition) is 5. The number of benzene rings is 1. The molecule has 144 valence electrons. The summed E-state index contributed by atoms with van der Waals surface area (Å²) in [6, 6.07) is 5.48. The molecule has 1 saturated heterocycles. The third kappa shape index (κ3) is 4.82. The molecule has 1 atom stereocenters. The summed E-state index contributed by atoms with van der Waals surface area (Å²) >= 11 is 1.30. The van der Waals surface area contributed by atoms with Crippen LogP contribution in [0.15, 0.2) is 29.6 Å². The minimum atomic E-state index is -0.438. The number of nitrogens with one attached hydrogen (secondary N) is 2. The number of amides is 2. The van der Waals surface area contributed by atoms with Gasteiger partial charge in [-0.1, -0.05) is 13.8 Å². The van der Waals surface area contributed by atoms with E-state index in [1.54, 1.807) is 22.4 Å². The molecule has 1 aliphatic rings. The van der Waals surface area contributed by atoms with Crippen LogP contribution in [-0.4, -0.2) is 40.8 Å². The highest BCUT2D eigenvalue weighted by Crippen LogP contribution is 2.25. The Labute approximate surface area is 161 Å². The monoisotopic (exact) mass is 390 g/mol. The lowest BCUT2D eigenvalue weighted by atomic mass is 10.1. The molecular formula is C19H23FN4O2S. The number of halogens is 1. The minimum absolute atomic E-state index is 0.102. The summed E-state index contributed by atoms with van der Waals surface area (Å²) < 4.78 is 13.0. The molecule has 1 aliphatic heterocycles. The Morgan fingerprint density at radius 1 is 1.33 bits per heavy atom. The zero-order valence-electron chi connectivity index (χ0n) is 15.4. The van der Waals surface area contributed by atoms with Crippen LogP contribution < -0.4 is 10.6 Å². The molecule has 0 saturated carbocycles. The predicted molar refractivity (Wildman–Crippen MR) is 104 cm³/mol. The van der Waals surface area contributed by atoms with Gasteiger partial charge in [0.05, 0.1) is 0 Å². The fourth-order valence-electron chi connectivity index (χ4n) is 2.94. The molecule has 1 aromatic heterocycles. The summed E-state index contributed by atoms with van der Waals surface area (Å²) in [4.78, 5) is 31.2. The molecule has 2 heterocycles.